The van der Waals surface area contributed by atoms with E-state index in [2.05, 4.69) is 6.08 Å². The second kappa shape index (κ2) is 2.33. The van der Waals surface area contributed by atoms with E-state index in [-0.39, 0.29) is 17.9 Å². The van der Waals surface area contributed by atoms with Gasteiger partial charge in [-0.3, -0.25) is 4.79 Å². The summed E-state index contributed by atoms with van der Waals surface area (Å²) in [6, 6.07) is 0.248. The largest absolute Gasteiger partial charge is 0.393 e. The number of hydrogen-bond acceptors (Lipinski definition) is 2. The molecule has 1 N–H and O–H groups in total. The van der Waals surface area contributed by atoms with Gasteiger partial charge < -0.3 is 10.0 Å². The number of amides is 1. The summed E-state index contributed by atoms with van der Waals surface area (Å²) in [4.78, 5) is 13.2. The molecule has 0 aromatic carbocycles. The van der Waals surface area contributed by atoms with Crippen LogP contribution in [0.25, 0.3) is 0 Å². The molecule has 2 aliphatic rings. The van der Waals surface area contributed by atoms with Gasteiger partial charge in [-0.05, 0) is 20.3 Å². The maximum Gasteiger partial charge on any atom is 0.234 e. The second-order valence-corrected chi connectivity index (χ2v) is 3.62. The lowest BCUT2D eigenvalue weighted by atomic mass is 9.83. The monoisotopic (exact) mass is 167 g/mol. The molecule has 2 aliphatic heterocycles. The number of fused-ring (bicyclic) bond motifs is 1. The molecule has 66 valence electrons. The molecule has 1 amide bonds. The van der Waals surface area contributed by atoms with E-state index in [1.165, 1.54) is 0 Å². The summed E-state index contributed by atoms with van der Waals surface area (Å²) in [6.07, 6.45) is 2.47. The Hall–Kier alpha value is -0.830. The predicted molar refractivity (Wildman–Crippen MR) is 44.2 cm³/mol. The van der Waals surface area contributed by atoms with Crippen molar-refractivity contribution in [2.45, 2.75) is 32.4 Å². The smallest absolute Gasteiger partial charge is 0.234 e. The highest BCUT2D eigenvalue weighted by molar-refractivity contribution is 5.89. The third-order valence-electron chi connectivity index (χ3n) is 2.82. The SMILES string of the molecule is CC1=CC[C@@H]2[C@@H]([C@@H](C)O)C(=O)N12. The molecule has 0 aromatic heterocycles. The van der Waals surface area contributed by atoms with Gasteiger partial charge in [0.25, 0.3) is 0 Å². The van der Waals surface area contributed by atoms with Crippen LogP contribution in [0.3, 0.4) is 0 Å². The molecule has 12 heavy (non-hydrogen) atoms. The molecule has 1 saturated heterocycles. The van der Waals surface area contributed by atoms with Gasteiger partial charge in [0.1, 0.15) is 0 Å². The Kier molecular flexibility index (Phi) is 1.51. The molecule has 0 aromatic rings. The Morgan fingerprint density at radius 1 is 1.75 bits per heavy atom. The van der Waals surface area contributed by atoms with E-state index in [0.717, 1.165) is 12.1 Å². The average molecular weight is 167 g/mol. The molecular weight excluding hydrogens is 154 g/mol. The maximum atomic E-state index is 11.4. The molecule has 0 unspecified atom stereocenters. The summed E-state index contributed by atoms with van der Waals surface area (Å²) >= 11 is 0. The fourth-order valence-corrected chi connectivity index (χ4v) is 2.17. The number of β-lactam (4-membered cyclic amide) rings is 1. The minimum absolute atomic E-state index is 0.0845. The van der Waals surface area contributed by atoms with E-state index < -0.39 is 6.10 Å². The van der Waals surface area contributed by atoms with E-state index in [1.807, 2.05) is 6.92 Å². The van der Waals surface area contributed by atoms with Crippen molar-refractivity contribution in [1.29, 1.82) is 0 Å². The van der Waals surface area contributed by atoms with E-state index >= 15 is 0 Å². The lowest BCUT2D eigenvalue weighted by Crippen LogP contribution is -2.60. The molecule has 0 bridgehead atoms. The van der Waals surface area contributed by atoms with Crippen LogP contribution in [-0.4, -0.2) is 28.1 Å². The topological polar surface area (TPSA) is 40.5 Å². The van der Waals surface area contributed by atoms with Crippen LogP contribution in [0.15, 0.2) is 11.8 Å². The van der Waals surface area contributed by atoms with E-state index in [4.69, 9.17) is 0 Å². The van der Waals surface area contributed by atoms with Crippen molar-refractivity contribution in [3.63, 3.8) is 0 Å². The fraction of sp³-hybridized carbons (Fsp3) is 0.667. The molecule has 3 heteroatoms. The lowest BCUT2D eigenvalue weighted by molar-refractivity contribution is -0.157. The van der Waals surface area contributed by atoms with Crippen LogP contribution in [0.1, 0.15) is 20.3 Å². The molecule has 0 saturated carbocycles. The molecule has 2 rings (SSSR count). The van der Waals surface area contributed by atoms with Crippen LogP contribution in [0.2, 0.25) is 0 Å². The molecule has 2 heterocycles. The first-order chi connectivity index (χ1) is 5.63. The van der Waals surface area contributed by atoms with Crippen molar-refractivity contribution in [2.24, 2.45) is 5.92 Å². The van der Waals surface area contributed by atoms with E-state index in [1.54, 1.807) is 11.8 Å². The van der Waals surface area contributed by atoms with Gasteiger partial charge in [-0.1, -0.05) is 6.08 Å². The lowest BCUT2D eigenvalue weighted by Gasteiger charge is -2.45. The summed E-state index contributed by atoms with van der Waals surface area (Å²) in [7, 11) is 0. The number of carbonyl (C=O) groups excluding carboxylic acids is 1. The number of aliphatic hydroxyl groups is 1. The van der Waals surface area contributed by atoms with Crippen LogP contribution in [0, 0.1) is 5.92 Å². The summed E-state index contributed by atoms with van der Waals surface area (Å²) < 4.78 is 0. The first-order valence-electron chi connectivity index (χ1n) is 4.31. The Balaban J connectivity index is 2.15. The molecule has 0 aliphatic carbocycles. The summed E-state index contributed by atoms with van der Waals surface area (Å²) in [5.41, 5.74) is 1.04. The van der Waals surface area contributed by atoms with Gasteiger partial charge in [0.2, 0.25) is 5.91 Å². The first-order valence-corrected chi connectivity index (χ1v) is 4.31. The number of rotatable bonds is 1. The van der Waals surface area contributed by atoms with Crippen LogP contribution in [0.4, 0.5) is 0 Å². The average Bonchev–Trinajstić information content (AvgIpc) is 2.25. The fourth-order valence-electron chi connectivity index (χ4n) is 2.17. The van der Waals surface area contributed by atoms with Gasteiger partial charge in [-0.15, -0.1) is 0 Å². The number of aliphatic hydroxyl groups excluding tert-OH is 1. The Morgan fingerprint density at radius 3 is 3.00 bits per heavy atom. The molecule has 3 nitrogen and oxygen atoms in total. The first kappa shape index (κ1) is 7.80. The highest BCUT2D eigenvalue weighted by Crippen LogP contribution is 2.39. The zero-order valence-electron chi connectivity index (χ0n) is 7.32. The Morgan fingerprint density at radius 2 is 2.42 bits per heavy atom. The zero-order valence-corrected chi connectivity index (χ0v) is 7.32. The van der Waals surface area contributed by atoms with Gasteiger partial charge in [0.15, 0.2) is 0 Å². The molecular formula is C9H13NO2. The highest BCUT2D eigenvalue weighted by atomic mass is 16.3. The number of carbonyl (C=O) groups is 1. The van der Waals surface area contributed by atoms with E-state index in [0.29, 0.717) is 0 Å². The maximum absolute atomic E-state index is 11.4. The van der Waals surface area contributed by atoms with Gasteiger partial charge in [-0.25, -0.2) is 0 Å². The summed E-state index contributed by atoms with van der Waals surface area (Å²) in [6.45, 7) is 3.63. The van der Waals surface area contributed by atoms with Crippen LogP contribution >= 0.6 is 0 Å². The van der Waals surface area contributed by atoms with E-state index in [9.17, 15) is 9.90 Å². The third-order valence-corrected chi connectivity index (χ3v) is 2.82. The quantitative estimate of drug-likeness (QED) is 0.578. The summed E-state index contributed by atoms with van der Waals surface area (Å²) in [5, 5.41) is 9.31. The van der Waals surface area contributed by atoms with Gasteiger partial charge in [0, 0.05) is 5.70 Å². The standard InChI is InChI=1S/C9H13NO2/c1-5-3-4-7-8(6(2)11)9(12)10(5)7/h3,6-8,11H,4H2,1-2H3/t6-,7-,8-/m1/s1. The van der Waals surface area contributed by atoms with Crippen molar-refractivity contribution in [3.8, 4) is 0 Å². The normalized spacial score (nSPS) is 35.8. The minimum atomic E-state index is -0.502. The number of nitrogens with zero attached hydrogens (tertiary/aromatic N) is 1. The second-order valence-electron chi connectivity index (χ2n) is 3.62. The highest BCUT2D eigenvalue weighted by Gasteiger charge is 2.51. The van der Waals surface area contributed by atoms with Gasteiger partial charge in [-0.2, -0.15) is 0 Å². The molecule has 0 spiro atoms. The van der Waals surface area contributed by atoms with Crippen LogP contribution in [0.5, 0.6) is 0 Å². The van der Waals surface area contributed by atoms with Crippen molar-refractivity contribution in [1.82, 2.24) is 4.90 Å². The Labute approximate surface area is 71.7 Å². The van der Waals surface area contributed by atoms with Gasteiger partial charge in [0.05, 0.1) is 18.1 Å². The van der Waals surface area contributed by atoms with Crippen molar-refractivity contribution in [3.05, 3.63) is 11.8 Å². The summed E-state index contributed by atoms with van der Waals surface area (Å²) in [5.74, 6) is -0.0695. The van der Waals surface area contributed by atoms with Gasteiger partial charge >= 0.3 is 0 Å². The number of hydrogen-bond donors (Lipinski definition) is 1. The van der Waals surface area contributed by atoms with Crippen molar-refractivity contribution < 1.29 is 9.90 Å². The third kappa shape index (κ3) is 0.771. The molecule has 1 fully saturated rings. The van der Waals surface area contributed by atoms with Crippen LogP contribution < -0.4 is 0 Å². The number of allylic oxidation sites excluding steroid dienone is 1. The minimum Gasteiger partial charge on any atom is -0.393 e. The molecule has 3 atom stereocenters. The molecule has 0 radical (unpaired) electrons. The zero-order chi connectivity index (χ0) is 8.88. The van der Waals surface area contributed by atoms with Crippen molar-refractivity contribution >= 4 is 5.91 Å². The van der Waals surface area contributed by atoms with Crippen molar-refractivity contribution in [2.75, 3.05) is 0 Å². The predicted octanol–water partition coefficient (Wildman–Crippen LogP) is 0.502. The van der Waals surface area contributed by atoms with Crippen LogP contribution in [-0.2, 0) is 4.79 Å². The Bertz CT molecular complexity index is 257.